The monoisotopic (exact) mass is 413 g/mol. The lowest BCUT2D eigenvalue weighted by Crippen LogP contribution is -2.28. The minimum atomic E-state index is 0.0989. The summed E-state index contributed by atoms with van der Waals surface area (Å²) in [5, 5.41) is 2.02. The highest BCUT2D eigenvalue weighted by Gasteiger charge is 2.19. The molecule has 4 rings (SSSR count). The molecule has 1 aliphatic rings. The largest absolute Gasteiger partial charge is 0.493 e. The molecule has 29 heavy (non-hydrogen) atoms. The summed E-state index contributed by atoms with van der Waals surface area (Å²) in [4.78, 5) is 20.1. The third-order valence-corrected chi connectivity index (χ3v) is 6.30. The first-order chi connectivity index (χ1) is 14.0. The van der Waals surface area contributed by atoms with E-state index in [1.807, 2.05) is 42.9 Å². The molecule has 0 amide bonds. The molecule has 0 fully saturated rings. The van der Waals surface area contributed by atoms with Gasteiger partial charge in [0.25, 0.3) is 5.56 Å². The molecular weight excluding hydrogens is 386 g/mol. The van der Waals surface area contributed by atoms with Crippen LogP contribution in [0.3, 0.4) is 0 Å². The van der Waals surface area contributed by atoms with Gasteiger partial charge < -0.3 is 9.47 Å². The van der Waals surface area contributed by atoms with Crippen molar-refractivity contribution in [1.82, 2.24) is 14.5 Å². The summed E-state index contributed by atoms with van der Waals surface area (Å²) in [6.45, 7) is 9.18. The molecule has 7 heteroatoms. The first-order valence-electron chi connectivity index (χ1n) is 9.99. The molecule has 1 aromatic carbocycles. The Kier molecular flexibility index (Phi) is 5.61. The number of benzene rings is 1. The van der Waals surface area contributed by atoms with E-state index in [1.54, 1.807) is 7.11 Å². The Hall–Kier alpha value is -2.38. The second-order valence-electron chi connectivity index (χ2n) is 7.76. The number of rotatable bonds is 5. The number of ether oxygens (including phenoxy) is 2. The van der Waals surface area contributed by atoms with Crippen molar-refractivity contribution >= 4 is 21.6 Å². The highest BCUT2D eigenvalue weighted by molar-refractivity contribution is 7.17. The van der Waals surface area contributed by atoms with Crippen LogP contribution in [0, 0.1) is 6.92 Å². The number of hydrogen-bond acceptors (Lipinski definition) is 6. The molecule has 1 aliphatic heterocycles. The second kappa shape index (κ2) is 8.16. The van der Waals surface area contributed by atoms with Crippen molar-refractivity contribution in [3.63, 3.8) is 0 Å². The molecule has 0 unspecified atom stereocenters. The van der Waals surface area contributed by atoms with Crippen molar-refractivity contribution in [2.24, 2.45) is 0 Å². The minimum absolute atomic E-state index is 0.0989. The maximum absolute atomic E-state index is 12.9. The molecule has 0 bridgehead atoms. The van der Waals surface area contributed by atoms with Crippen LogP contribution in [0.2, 0.25) is 0 Å². The third kappa shape index (κ3) is 4.02. The van der Waals surface area contributed by atoms with Crippen LogP contribution in [0.5, 0.6) is 11.5 Å². The average Bonchev–Trinajstić information content (AvgIpc) is 2.94. The Labute approximate surface area is 174 Å². The molecule has 3 heterocycles. The van der Waals surface area contributed by atoms with Gasteiger partial charge in [0.15, 0.2) is 11.5 Å². The summed E-state index contributed by atoms with van der Waals surface area (Å²) in [7, 11) is 1.67. The van der Waals surface area contributed by atoms with E-state index in [0.29, 0.717) is 6.54 Å². The average molecular weight is 414 g/mol. The number of fused-ring (bicyclic) bond motifs is 2. The van der Waals surface area contributed by atoms with E-state index in [4.69, 9.17) is 14.5 Å². The van der Waals surface area contributed by atoms with E-state index >= 15 is 0 Å². The standard InChI is InChI=1S/C22H27N3O3S/c1-14(2)28-17-6-5-16(11-18(17)27-4)12-24-8-7-19-23-20-15(3)13-29-21(20)22(26)25(19)10-9-24/h5-6,11,13-14H,7-10,12H2,1-4H3. The second-order valence-corrected chi connectivity index (χ2v) is 8.64. The minimum Gasteiger partial charge on any atom is -0.493 e. The lowest BCUT2D eigenvalue weighted by molar-refractivity contribution is 0.229. The van der Waals surface area contributed by atoms with Gasteiger partial charge in [-0.05, 0) is 49.4 Å². The maximum Gasteiger partial charge on any atom is 0.271 e. The summed E-state index contributed by atoms with van der Waals surface area (Å²) in [6, 6.07) is 6.10. The zero-order valence-electron chi connectivity index (χ0n) is 17.4. The predicted octanol–water partition coefficient (Wildman–Crippen LogP) is 3.62. The molecule has 6 nitrogen and oxygen atoms in total. The Morgan fingerprint density at radius 2 is 2.03 bits per heavy atom. The summed E-state index contributed by atoms with van der Waals surface area (Å²) in [5.41, 5.74) is 3.22. The van der Waals surface area contributed by atoms with Crippen LogP contribution in [0.4, 0.5) is 0 Å². The van der Waals surface area contributed by atoms with Crippen molar-refractivity contribution in [3.05, 3.63) is 50.9 Å². The Balaban J connectivity index is 1.52. The molecule has 2 aromatic heterocycles. The summed E-state index contributed by atoms with van der Waals surface area (Å²) >= 11 is 1.50. The third-order valence-electron chi connectivity index (χ3n) is 5.22. The van der Waals surface area contributed by atoms with Crippen LogP contribution in [-0.2, 0) is 19.5 Å². The molecule has 0 spiro atoms. The maximum atomic E-state index is 12.9. The number of aryl methyl sites for hydroxylation is 1. The molecular formula is C22H27N3O3S. The lowest BCUT2D eigenvalue weighted by atomic mass is 10.1. The topological polar surface area (TPSA) is 56.6 Å². The fraction of sp³-hybridized carbons (Fsp3) is 0.455. The molecule has 0 saturated heterocycles. The van der Waals surface area contributed by atoms with Crippen LogP contribution in [-0.4, -0.2) is 40.8 Å². The van der Waals surface area contributed by atoms with E-state index in [2.05, 4.69) is 11.0 Å². The van der Waals surface area contributed by atoms with E-state index in [-0.39, 0.29) is 11.7 Å². The summed E-state index contributed by atoms with van der Waals surface area (Å²) in [5.74, 6) is 2.41. The number of thiophene rings is 1. The molecule has 0 radical (unpaired) electrons. The zero-order chi connectivity index (χ0) is 20.5. The Morgan fingerprint density at radius 1 is 1.21 bits per heavy atom. The Bertz CT molecular complexity index is 1090. The van der Waals surface area contributed by atoms with Gasteiger partial charge >= 0.3 is 0 Å². The van der Waals surface area contributed by atoms with Crippen LogP contribution in [0.1, 0.15) is 30.8 Å². The molecule has 154 valence electrons. The van der Waals surface area contributed by atoms with Gasteiger partial charge in [-0.15, -0.1) is 11.3 Å². The first-order valence-corrected chi connectivity index (χ1v) is 10.9. The van der Waals surface area contributed by atoms with Gasteiger partial charge in [-0.2, -0.15) is 0 Å². The first kappa shape index (κ1) is 19.9. The van der Waals surface area contributed by atoms with Gasteiger partial charge in [-0.25, -0.2) is 4.98 Å². The quantitative estimate of drug-likeness (QED) is 0.639. The molecule has 3 aromatic rings. The summed E-state index contributed by atoms with van der Waals surface area (Å²) < 4.78 is 14.0. The highest BCUT2D eigenvalue weighted by Crippen LogP contribution is 2.29. The van der Waals surface area contributed by atoms with E-state index < -0.39 is 0 Å². The van der Waals surface area contributed by atoms with E-state index in [9.17, 15) is 4.79 Å². The van der Waals surface area contributed by atoms with Crippen molar-refractivity contribution < 1.29 is 9.47 Å². The molecule has 0 atom stereocenters. The van der Waals surface area contributed by atoms with Crippen LogP contribution in [0.15, 0.2) is 28.4 Å². The SMILES string of the molecule is COc1cc(CN2CCc3nc4c(C)csc4c(=O)n3CC2)ccc1OC(C)C. The van der Waals surface area contributed by atoms with Gasteiger partial charge in [-0.3, -0.25) is 14.3 Å². The lowest BCUT2D eigenvalue weighted by Gasteiger charge is -2.20. The smallest absolute Gasteiger partial charge is 0.271 e. The number of hydrogen-bond donors (Lipinski definition) is 0. The van der Waals surface area contributed by atoms with E-state index in [1.165, 1.54) is 16.9 Å². The van der Waals surface area contributed by atoms with Gasteiger partial charge in [0.2, 0.25) is 0 Å². The molecule has 0 saturated carbocycles. The van der Waals surface area contributed by atoms with Crippen molar-refractivity contribution in [2.45, 2.75) is 46.4 Å². The van der Waals surface area contributed by atoms with Crippen LogP contribution in [0.25, 0.3) is 10.2 Å². The predicted molar refractivity (Wildman–Crippen MR) is 116 cm³/mol. The van der Waals surface area contributed by atoms with Crippen molar-refractivity contribution in [3.8, 4) is 11.5 Å². The summed E-state index contributed by atoms with van der Waals surface area (Å²) in [6.07, 6.45) is 0.870. The highest BCUT2D eigenvalue weighted by atomic mass is 32.1. The van der Waals surface area contributed by atoms with E-state index in [0.717, 1.165) is 59.2 Å². The molecule has 0 aliphatic carbocycles. The fourth-order valence-electron chi connectivity index (χ4n) is 3.77. The van der Waals surface area contributed by atoms with Gasteiger partial charge in [-0.1, -0.05) is 6.07 Å². The van der Waals surface area contributed by atoms with Crippen molar-refractivity contribution in [1.29, 1.82) is 0 Å². The fourth-order valence-corrected chi connectivity index (χ4v) is 4.70. The zero-order valence-corrected chi connectivity index (χ0v) is 18.2. The number of aromatic nitrogens is 2. The molecule has 0 N–H and O–H groups in total. The number of methoxy groups -OCH3 is 1. The van der Waals surface area contributed by atoms with Crippen LogP contribution >= 0.6 is 11.3 Å². The van der Waals surface area contributed by atoms with Gasteiger partial charge in [0, 0.05) is 32.6 Å². The number of nitrogens with zero attached hydrogens (tertiary/aromatic N) is 3. The van der Waals surface area contributed by atoms with Gasteiger partial charge in [0.1, 0.15) is 10.5 Å². The Morgan fingerprint density at radius 3 is 2.79 bits per heavy atom. The normalized spacial score (nSPS) is 14.8. The van der Waals surface area contributed by atoms with Crippen molar-refractivity contribution in [2.75, 3.05) is 20.2 Å². The van der Waals surface area contributed by atoms with Gasteiger partial charge in [0.05, 0.1) is 18.7 Å². The van der Waals surface area contributed by atoms with Crippen LogP contribution < -0.4 is 15.0 Å².